The summed E-state index contributed by atoms with van der Waals surface area (Å²) in [6, 6.07) is 0. The Bertz CT molecular complexity index is 170. The minimum atomic E-state index is -0.552. The summed E-state index contributed by atoms with van der Waals surface area (Å²) in [6.07, 6.45) is 0. The van der Waals surface area contributed by atoms with Gasteiger partial charge in [-0.15, -0.1) is 0 Å². The summed E-state index contributed by atoms with van der Waals surface area (Å²) in [4.78, 5) is 1.94. The third kappa shape index (κ3) is 8.39. The fourth-order valence-electron chi connectivity index (χ4n) is 0.502. The van der Waals surface area contributed by atoms with Crippen molar-refractivity contribution in [3.05, 3.63) is 0 Å². The van der Waals surface area contributed by atoms with Crippen molar-refractivity contribution in [3.63, 3.8) is 0 Å². The van der Waals surface area contributed by atoms with Gasteiger partial charge in [-0.25, -0.2) is 4.90 Å². The molecule has 0 amide bonds. The van der Waals surface area contributed by atoms with Gasteiger partial charge < -0.3 is 0 Å². The first-order valence-corrected chi connectivity index (χ1v) is 9.95. The third-order valence-corrected chi connectivity index (χ3v) is 4.27. The summed E-state index contributed by atoms with van der Waals surface area (Å²) in [7, 11) is 0. The molecule has 0 aliphatic carbocycles. The predicted octanol–water partition coefficient (Wildman–Crippen LogP) is 6.72. The van der Waals surface area contributed by atoms with E-state index in [2.05, 4.69) is 143 Å². The Kier molecular flexibility index (Phi) is 8.66. The second-order valence-electron chi connectivity index (χ2n) is 2.14. The highest BCUT2D eigenvalue weighted by Crippen LogP contribution is 2.52. The van der Waals surface area contributed by atoms with E-state index in [0.29, 0.717) is 6.54 Å². The lowest BCUT2D eigenvalue weighted by atomic mass is 10.7. The SMILES string of the molecule is BrC(Br)(Br)CN(C(Br)(Br)Br)C(Br)(Br)Br. The zero-order valence-corrected chi connectivity index (χ0v) is 20.3. The number of rotatable bonds is 1. The Morgan fingerprint density at radius 3 is 1.00 bits per heavy atom. The lowest BCUT2D eigenvalue weighted by Gasteiger charge is -2.39. The van der Waals surface area contributed by atoms with E-state index in [0.717, 1.165) is 0 Å². The minimum Gasteiger partial charge on any atom is -0.234 e. The molecule has 0 aromatic carbocycles. The maximum absolute atomic E-state index is 3.44. The summed E-state index contributed by atoms with van der Waals surface area (Å²) in [5.74, 6) is 0. The topological polar surface area (TPSA) is 3.24 Å². The monoisotopic (exact) mass is 774 g/mol. The van der Waals surface area contributed by atoms with Gasteiger partial charge in [-0.1, -0.05) is 47.8 Å². The average Bonchev–Trinajstić information content (AvgIpc) is 1.75. The van der Waals surface area contributed by atoms with E-state index in [1.54, 1.807) is 0 Å². The van der Waals surface area contributed by atoms with E-state index in [1.165, 1.54) is 0 Å². The minimum absolute atomic E-state index is 0.381. The Labute approximate surface area is 158 Å². The van der Waals surface area contributed by atoms with Crippen molar-refractivity contribution in [3.8, 4) is 0 Å². The van der Waals surface area contributed by atoms with Crippen molar-refractivity contribution >= 4 is 143 Å². The Morgan fingerprint density at radius 2 is 0.929 bits per heavy atom. The molecule has 0 radical (unpaired) electrons. The molecule has 0 bridgehead atoms. The molecule has 0 spiro atoms. The standard InChI is InChI=1S/C4H2Br9N/c5-2(6,7)1-14(3(8,9)10)4(11,12)13/h1H2. The highest BCUT2D eigenvalue weighted by atomic mass is 80.0. The molecule has 86 valence electrons. The lowest BCUT2D eigenvalue weighted by molar-refractivity contribution is 0.341. The Morgan fingerprint density at radius 1 is 0.643 bits per heavy atom. The van der Waals surface area contributed by atoms with Gasteiger partial charge in [0.05, 0.1) is 0 Å². The van der Waals surface area contributed by atoms with Crippen LogP contribution in [0.5, 0.6) is 0 Å². The van der Waals surface area contributed by atoms with E-state index in [-0.39, 0.29) is 2.14 Å². The van der Waals surface area contributed by atoms with Gasteiger partial charge in [0.15, 0.2) is 4.53 Å². The molecule has 0 saturated heterocycles. The normalized spacial score (nSPS) is 15.0. The van der Waals surface area contributed by atoms with Crippen LogP contribution >= 0.6 is 143 Å². The number of hydrogen-bond acceptors (Lipinski definition) is 1. The smallest absolute Gasteiger partial charge is 0.190 e. The number of hydrogen-bond donors (Lipinski definition) is 0. The van der Waals surface area contributed by atoms with Gasteiger partial charge in [-0.2, -0.15) is 0 Å². The second-order valence-corrected chi connectivity index (χ2v) is 22.7. The molecule has 0 aromatic heterocycles. The van der Waals surface area contributed by atoms with Gasteiger partial charge in [-0.05, 0) is 95.6 Å². The molecule has 0 unspecified atom stereocenters. The Balaban J connectivity index is 4.78. The molecule has 0 rings (SSSR count). The van der Waals surface area contributed by atoms with Crippen LogP contribution in [0.1, 0.15) is 0 Å². The molecule has 0 heterocycles. The summed E-state index contributed by atoms with van der Waals surface area (Å²) in [5, 5.41) is 0. The molecule has 0 N–H and O–H groups in total. The second kappa shape index (κ2) is 6.63. The number of halogens is 9. The molecular weight excluding hydrogens is 781 g/mol. The summed E-state index contributed by atoms with van der Waals surface area (Å²) in [5.41, 5.74) is 0. The molecule has 0 atom stereocenters. The molecule has 0 aliphatic heterocycles. The first kappa shape index (κ1) is 18.3. The van der Waals surface area contributed by atoms with Gasteiger partial charge in [0.1, 0.15) is 2.14 Å². The molecule has 0 aliphatic rings. The average molecular weight is 783 g/mol. The molecule has 10 heteroatoms. The summed E-state index contributed by atoms with van der Waals surface area (Å²) in [6.45, 7) is 0.608. The van der Waals surface area contributed by atoms with Crippen LogP contribution in [0.15, 0.2) is 0 Å². The predicted molar refractivity (Wildman–Crippen MR) is 95.2 cm³/mol. The van der Waals surface area contributed by atoms with Gasteiger partial charge in [0.25, 0.3) is 0 Å². The van der Waals surface area contributed by atoms with Crippen LogP contribution in [0.3, 0.4) is 0 Å². The van der Waals surface area contributed by atoms with Crippen LogP contribution in [0, 0.1) is 0 Å². The molecule has 0 fully saturated rings. The molecule has 14 heavy (non-hydrogen) atoms. The first-order chi connectivity index (χ1) is 5.84. The third-order valence-electron chi connectivity index (χ3n) is 0.950. The van der Waals surface area contributed by atoms with Crippen molar-refractivity contribution in [1.29, 1.82) is 0 Å². The van der Waals surface area contributed by atoms with Gasteiger partial charge >= 0.3 is 0 Å². The van der Waals surface area contributed by atoms with Crippen LogP contribution in [-0.4, -0.2) is 18.1 Å². The van der Waals surface area contributed by atoms with Crippen molar-refractivity contribution in [2.24, 2.45) is 0 Å². The Hall–Kier alpha value is 4.28. The summed E-state index contributed by atoms with van der Waals surface area (Å²) < 4.78 is -1.48. The van der Waals surface area contributed by atoms with Crippen LogP contribution in [0.4, 0.5) is 0 Å². The maximum atomic E-state index is 3.44. The van der Waals surface area contributed by atoms with Gasteiger partial charge in [0, 0.05) is 6.54 Å². The van der Waals surface area contributed by atoms with Crippen molar-refractivity contribution < 1.29 is 0 Å². The maximum Gasteiger partial charge on any atom is 0.190 e. The van der Waals surface area contributed by atoms with Crippen LogP contribution in [0.25, 0.3) is 0 Å². The first-order valence-electron chi connectivity index (χ1n) is 2.82. The zero-order valence-electron chi connectivity index (χ0n) is 6.06. The van der Waals surface area contributed by atoms with E-state index in [1.807, 2.05) is 4.90 Å². The quantitative estimate of drug-likeness (QED) is 0.211. The largest absolute Gasteiger partial charge is 0.234 e. The van der Waals surface area contributed by atoms with Crippen molar-refractivity contribution in [2.75, 3.05) is 6.54 Å². The van der Waals surface area contributed by atoms with Crippen molar-refractivity contribution in [2.45, 2.75) is 6.68 Å². The lowest BCUT2D eigenvalue weighted by Crippen LogP contribution is -2.46. The van der Waals surface area contributed by atoms with Crippen molar-refractivity contribution in [1.82, 2.24) is 4.90 Å². The van der Waals surface area contributed by atoms with Gasteiger partial charge in [0.2, 0.25) is 0 Å². The van der Waals surface area contributed by atoms with E-state index >= 15 is 0 Å². The zero-order chi connectivity index (χ0) is 11.8. The fraction of sp³-hybridized carbons (Fsp3) is 1.00. The van der Waals surface area contributed by atoms with E-state index in [9.17, 15) is 0 Å². The van der Waals surface area contributed by atoms with Crippen LogP contribution in [-0.2, 0) is 0 Å². The molecular formula is C4H2Br9N. The highest BCUT2D eigenvalue weighted by Gasteiger charge is 2.43. The molecule has 1 nitrogen and oxygen atoms in total. The van der Waals surface area contributed by atoms with E-state index in [4.69, 9.17) is 0 Å². The number of nitrogens with zero attached hydrogens (tertiary/aromatic N) is 1. The van der Waals surface area contributed by atoms with E-state index < -0.39 is 4.53 Å². The fourth-order valence-corrected chi connectivity index (χ4v) is 5.74. The molecule has 0 saturated carbocycles. The molecule has 0 aromatic rings. The van der Waals surface area contributed by atoms with Gasteiger partial charge in [-0.3, -0.25) is 0 Å². The van der Waals surface area contributed by atoms with Crippen LogP contribution < -0.4 is 0 Å². The highest BCUT2D eigenvalue weighted by molar-refractivity contribution is 9.41. The summed E-state index contributed by atoms with van der Waals surface area (Å²) >= 11 is 30.9. The van der Waals surface area contributed by atoms with Crippen LogP contribution in [0.2, 0.25) is 0 Å². The number of alkyl halides is 9.